The van der Waals surface area contributed by atoms with Gasteiger partial charge < -0.3 is 14.6 Å². The Hall–Kier alpha value is -3.06. The molecule has 0 atom stereocenters. The van der Waals surface area contributed by atoms with Gasteiger partial charge in [-0.3, -0.25) is 4.79 Å². The minimum Gasteiger partial charge on any atom is -0.455 e. The van der Waals surface area contributed by atoms with Crippen molar-refractivity contribution < 1.29 is 9.53 Å². The van der Waals surface area contributed by atoms with E-state index in [9.17, 15) is 4.79 Å². The number of aryl methyl sites for hydroxylation is 1. The average molecular weight is 380 g/mol. The van der Waals surface area contributed by atoms with Crippen molar-refractivity contribution in [3.63, 3.8) is 0 Å². The molecule has 1 N–H and O–H groups in total. The van der Waals surface area contributed by atoms with Crippen LogP contribution in [0.1, 0.15) is 5.82 Å². The Bertz CT molecular complexity index is 925. The zero-order valence-corrected chi connectivity index (χ0v) is 15.8. The fourth-order valence-electron chi connectivity index (χ4n) is 2.40. The van der Waals surface area contributed by atoms with E-state index < -0.39 is 0 Å². The van der Waals surface area contributed by atoms with Crippen LogP contribution in [0.5, 0.6) is 11.5 Å². The Morgan fingerprint density at radius 1 is 1.19 bits per heavy atom. The van der Waals surface area contributed by atoms with Gasteiger partial charge in [0, 0.05) is 6.54 Å². The van der Waals surface area contributed by atoms with Gasteiger partial charge in [-0.25, -0.2) is 0 Å². The molecule has 0 aliphatic rings. The summed E-state index contributed by atoms with van der Waals surface area (Å²) < 4.78 is 7.78. The fraction of sp³-hybridized carbons (Fsp3) is 0.150. The molecule has 0 unspecified atom stereocenters. The van der Waals surface area contributed by atoms with Gasteiger partial charge in [-0.1, -0.05) is 48.2 Å². The predicted molar refractivity (Wildman–Crippen MR) is 107 cm³/mol. The minimum atomic E-state index is -0.144. The molecule has 2 aromatic carbocycles. The molecule has 6 nitrogen and oxygen atoms in total. The summed E-state index contributed by atoms with van der Waals surface area (Å²) in [5, 5.41) is 11.7. The van der Waals surface area contributed by atoms with E-state index in [1.54, 1.807) is 6.08 Å². The lowest BCUT2D eigenvalue weighted by Crippen LogP contribution is -2.15. The van der Waals surface area contributed by atoms with Gasteiger partial charge in [-0.15, -0.1) is 16.8 Å². The smallest absolute Gasteiger partial charge is 0.234 e. The first-order valence-corrected chi connectivity index (χ1v) is 9.41. The molecule has 7 heteroatoms. The number of thioether (sulfide) groups is 1. The summed E-state index contributed by atoms with van der Waals surface area (Å²) in [5.41, 5.74) is 0.621. The highest BCUT2D eigenvalue weighted by molar-refractivity contribution is 7.99. The minimum absolute atomic E-state index is 0.144. The van der Waals surface area contributed by atoms with Gasteiger partial charge in [0.15, 0.2) is 10.9 Å². The van der Waals surface area contributed by atoms with Crippen LogP contribution >= 0.6 is 11.8 Å². The number of carbonyl (C=O) groups excluding carboxylic acids is 1. The second-order valence-electron chi connectivity index (χ2n) is 5.68. The number of hydrogen-bond donors (Lipinski definition) is 1. The number of rotatable bonds is 8. The Balaban J connectivity index is 1.64. The van der Waals surface area contributed by atoms with Gasteiger partial charge >= 0.3 is 0 Å². The van der Waals surface area contributed by atoms with Crippen LogP contribution in [-0.4, -0.2) is 26.4 Å². The normalized spacial score (nSPS) is 10.4. The third kappa shape index (κ3) is 4.98. The van der Waals surface area contributed by atoms with E-state index in [2.05, 4.69) is 22.1 Å². The maximum Gasteiger partial charge on any atom is 0.234 e. The first kappa shape index (κ1) is 18.7. The molecule has 0 spiro atoms. The van der Waals surface area contributed by atoms with E-state index in [0.717, 1.165) is 5.82 Å². The van der Waals surface area contributed by atoms with Crippen LogP contribution < -0.4 is 10.1 Å². The predicted octanol–water partition coefficient (Wildman–Crippen LogP) is 4.30. The molecule has 1 heterocycles. The molecule has 138 valence electrons. The summed E-state index contributed by atoms with van der Waals surface area (Å²) in [7, 11) is 0. The number of carbonyl (C=O) groups is 1. The molecular weight excluding hydrogens is 360 g/mol. The zero-order valence-electron chi connectivity index (χ0n) is 15.0. The summed E-state index contributed by atoms with van der Waals surface area (Å²) in [5.74, 6) is 2.17. The molecule has 1 aromatic heterocycles. The van der Waals surface area contributed by atoms with Crippen molar-refractivity contribution in [3.05, 3.63) is 73.1 Å². The van der Waals surface area contributed by atoms with E-state index in [4.69, 9.17) is 4.74 Å². The van der Waals surface area contributed by atoms with Crippen LogP contribution in [0.15, 0.2) is 72.4 Å². The monoisotopic (exact) mass is 380 g/mol. The fourth-order valence-corrected chi connectivity index (χ4v) is 3.19. The van der Waals surface area contributed by atoms with Gasteiger partial charge in [0.25, 0.3) is 0 Å². The number of para-hydroxylation sites is 3. The summed E-state index contributed by atoms with van der Waals surface area (Å²) >= 11 is 1.33. The van der Waals surface area contributed by atoms with Crippen LogP contribution in [0.3, 0.4) is 0 Å². The molecule has 27 heavy (non-hydrogen) atoms. The molecule has 0 aliphatic heterocycles. The van der Waals surface area contributed by atoms with Gasteiger partial charge in [0.2, 0.25) is 5.91 Å². The molecule has 0 radical (unpaired) electrons. The zero-order chi connectivity index (χ0) is 19.1. The molecule has 3 aromatic rings. The van der Waals surface area contributed by atoms with Crippen molar-refractivity contribution >= 4 is 23.4 Å². The maximum absolute atomic E-state index is 12.4. The molecule has 1 amide bonds. The van der Waals surface area contributed by atoms with E-state index >= 15 is 0 Å². The molecule has 0 fully saturated rings. The largest absolute Gasteiger partial charge is 0.455 e. The first-order valence-electron chi connectivity index (χ1n) is 8.42. The highest BCUT2D eigenvalue weighted by Gasteiger charge is 2.13. The number of nitrogens with zero attached hydrogens (tertiary/aromatic N) is 3. The number of ether oxygens (including phenoxy) is 1. The molecular formula is C20H20N4O2S. The number of allylic oxidation sites excluding steroid dienone is 1. The summed E-state index contributed by atoms with van der Waals surface area (Å²) in [6, 6.07) is 16.8. The average Bonchev–Trinajstić information content (AvgIpc) is 3.03. The van der Waals surface area contributed by atoms with E-state index in [1.807, 2.05) is 66.1 Å². The standard InChI is InChI=1S/C20H20N4O2S/c1-3-13-24-15(2)22-23-20(24)27-14-19(25)21-17-11-7-8-12-18(17)26-16-9-5-4-6-10-16/h3-12H,1,13-14H2,2H3,(H,21,25). The van der Waals surface area contributed by atoms with Crippen LogP contribution in [-0.2, 0) is 11.3 Å². The third-order valence-electron chi connectivity index (χ3n) is 3.68. The Kier molecular flexibility index (Phi) is 6.27. The van der Waals surface area contributed by atoms with Crippen molar-refractivity contribution in [1.82, 2.24) is 14.8 Å². The lowest BCUT2D eigenvalue weighted by Gasteiger charge is -2.12. The summed E-state index contributed by atoms with van der Waals surface area (Å²) in [6.07, 6.45) is 1.78. The topological polar surface area (TPSA) is 69.0 Å². The third-order valence-corrected chi connectivity index (χ3v) is 4.64. The number of nitrogens with one attached hydrogen (secondary N) is 1. The first-order chi connectivity index (χ1) is 13.2. The Morgan fingerprint density at radius 3 is 2.70 bits per heavy atom. The molecule has 0 aliphatic carbocycles. The highest BCUT2D eigenvalue weighted by atomic mass is 32.2. The van der Waals surface area contributed by atoms with Gasteiger partial charge in [-0.2, -0.15) is 0 Å². The Morgan fingerprint density at radius 2 is 1.93 bits per heavy atom. The second kappa shape index (κ2) is 9.05. The van der Waals surface area contributed by atoms with Crippen molar-refractivity contribution in [2.24, 2.45) is 0 Å². The van der Waals surface area contributed by atoms with Crippen molar-refractivity contribution in [3.8, 4) is 11.5 Å². The molecule has 0 saturated heterocycles. The second-order valence-corrected chi connectivity index (χ2v) is 6.62. The lowest BCUT2D eigenvalue weighted by molar-refractivity contribution is -0.113. The van der Waals surface area contributed by atoms with Crippen LogP contribution in [0.2, 0.25) is 0 Å². The molecule has 3 rings (SSSR count). The lowest BCUT2D eigenvalue weighted by atomic mass is 10.3. The molecule has 0 bridgehead atoms. The van der Waals surface area contributed by atoms with Gasteiger partial charge in [-0.05, 0) is 31.2 Å². The number of aromatic nitrogens is 3. The maximum atomic E-state index is 12.4. The number of anilines is 1. The van der Waals surface area contributed by atoms with Crippen LogP contribution in [0.25, 0.3) is 0 Å². The molecule has 0 saturated carbocycles. The van der Waals surface area contributed by atoms with Crippen LogP contribution in [0.4, 0.5) is 5.69 Å². The van der Waals surface area contributed by atoms with E-state index in [-0.39, 0.29) is 11.7 Å². The van der Waals surface area contributed by atoms with Crippen molar-refractivity contribution in [2.75, 3.05) is 11.1 Å². The number of benzene rings is 2. The summed E-state index contributed by atoms with van der Waals surface area (Å²) in [4.78, 5) is 12.4. The number of hydrogen-bond acceptors (Lipinski definition) is 5. The van der Waals surface area contributed by atoms with Gasteiger partial charge in [0.1, 0.15) is 11.6 Å². The van der Waals surface area contributed by atoms with E-state index in [1.165, 1.54) is 11.8 Å². The quantitative estimate of drug-likeness (QED) is 0.466. The van der Waals surface area contributed by atoms with Crippen molar-refractivity contribution in [1.29, 1.82) is 0 Å². The van der Waals surface area contributed by atoms with Crippen LogP contribution in [0, 0.1) is 6.92 Å². The van der Waals surface area contributed by atoms with Gasteiger partial charge in [0.05, 0.1) is 11.4 Å². The Labute approximate surface area is 162 Å². The van der Waals surface area contributed by atoms with E-state index in [0.29, 0.717) is 28.9 Å². The SMILES string of the molecule is C=CCn1c(C)nnc1SCC(=O)Nc1ccccc1Oc1ccccc1. The van der Waals surface area contributed by atoms with Crippen molar-refractivity contribution in [2.45, 2.75) is 18.6 Å². The summed E-state index contributed by atoms with van der Waals surface area (Å²) in [6.45, 7) is 6.21. The highest BCUT2D eigenvalue weighted by Crippen LogP contribution is 2.29. The number of amides is 1.